The average molecular weight is 310 g/mol. The number of carbonyl (C=O) groups is 1. The third-order valence-electron chi connectivity index (χ3n) is 3.12. The molecule has 1 aromatic rings. The maximum absolute atomic E-state index is 12.5. The van der Waals surface area contributed by atoms with Crippen LogP contribution in [-0.4, -0.2) is 32.3 Å². The molecule has 0 heterocycles. The van der Waals surface area contributed by atoms with Gasteiger partial charge < -0.3 is 5.32 Å². The number of rotatable bonds is 5. The van der Waals surface area contributed by atoms with Gasteiger partial charge in [0.1, 0.15) is 17.0 Å². The van der Waals surface area contributed by atoms with Gasteiger partial charge in [0.2, 0.25) is 5.91 Å². The number of likely N-dealkylation sites (N-methyl/N-ethyl adjacent to an activating group) is 1. The van der Waals surface area contributed by atoms with Crippen LogP contribution in [0, 0.1) is 5.92 Å². The molecular formula is C16H26N2O2S. The Kier molecular flexibility index (Phi) is 6.10. The molecule has 0 spiro atoms. The molecule has 0 saturated heterocycles. The van der Waals surface area contributed by atoms with Gasteiger partial charge in [-0.15, -0.1) is 0 Å². The first-order valence-electron chi connectivity index (χ1n) is 7.15. The van der Waals surface area contributed by atoms with Crippen molar-refractivity contribution in [1.82, 2.24) is 4.31 Å². The molecule has 2 atom stereocenters. The third-order valence-corrected chi connectivity index (χ3v) is 4.92. The van der Waals surface area contributed by atoms with Gasteiger partial charge in [0.15, 0.2) is 0 Å². The standard InChI is InChI=1S/C16H26N2O2S/c1-12(2)14(18(6)21(20)16(3,4)5)15(19)17-13-10-8-7-9-11-13/h7-12,14H,1-6H3,(H,17,19)/t14-,21?/m0/s1. The second kappa shape index (κ2) is 7.18. The van der Waals surface area contributed by atoms with Crippen molar-refractivity contribution >= 4 is 22.6 Å². The predicted molar refractivity (Wildman–Crippen MR) is 89.4 cm³/mol. The van der Waals surface area contributed by atoms with E-state index in [9.17, 15) is 9.00 Å². The Bertz CT molecular complexity index is 495. The summed E-state index contributed by atoms with van der Waals surface area (Å²) in [4.78, 5) is 12.5. The highest BCUT2D eigenvalue weighted by molar-refractivity contribution is 7.84. The van der Waals surface area contributed by atoms with Gasteiger partial charge in [0.25, 0.3) is 0 Å². The van der Waals surface area contributed by atoms with Crippen molar-refractivity contribution in [2.45, 2.75) is 45.4 Å². The highest BCUT2D eigenvalue weighted by Gasteiger charge is 2.34. The maximum atomic E-state index is 12.5. The van der Waals surface area contributed by atoms with Crippen LogP contribution in [0.15, 0.2) is 30.3 Å². The molecule has 0 aliphatic carbocycles. The zero-order chi connectivity index (χ0) is 16.2. The number of hydrogen-bond acceptors (Lipinski definition) is 2. The Morgan fingerprint density at radius 2 is 1.71 bits per heavy atom. The van der Waals surface area contributed by atoms with Crippen molar-refractivity contribution in [3.8, 4) is 0 Å². The number of amides is 1. The maximum Gasteiger partial charge on any atom is 0.242 e. The molecule has 21 heavy (non-hydrogen) atoms. The summed E-state index contributed by atoms with van der Waals surface area (Å²) in [6.07, 6.45) is 0. The van der Waals surface area contributed by atoms with Crippen molar-refractivity contribution in [2.75, 3.05) is 12.4 Å². The fraction of sp³-hybridized carbons (Fsp3) is 0.562. The number of anilines is 1. The Labute approximate surface area is 130 Å². The number of nitrogens with one attached hydrogen (secondary N) is 1. The molecule has 118 valence electrons. The third kappa shape index (κ3) is 4.93. The highest BCUT2D eigenvalue weighted by Crippen LogP contribution is 2.21. The van der Waals surface area contributed by atoms with Crippen LogP contribution < -0.4 is 5.32 Å². The molecule has 0 aliphatic rings. The lowest BCUT2D eigenvalue weighted by Crippen LogP contribution is -2.49. The minimum Gasteiger partial charge on any atom is -0.325 e. The van der Waals surface area contributed by atoms with Crippen molar-refractivity contribution in [2.24, 2.45) is 5.92 Å². The lowest BCUT2D eigenvalue weighted by molar-refractivity contribution is -0.120. The summed E-state index contributed by atoms with van der Waals surface area (Å²) in [5, 5.41) is 2.90. The minimum atomic E-state index is -1.24. The molecule has 1 aromatic carbocycles. The Morgan fingerprint density at radius 3 is 2.14 bits per heavy atom. The van der Waals surface area contributed by atoms with Gasteiger partial charge in [-0.1, -0.05) is 32.0 Å². The van der Waals surface area contributed by atoms with E-state index in [1.54, 1.807) is 11.4 Å². The van der Waals surface area contributed by atoms with Crippen LogP contribution in [0.4, 0.5) is 5.69 Å². The van der Waals surface area contributed by atoms with Crippen LogP contribution >= 0.6 is 0 Å². The zero-order valence-electron chi connectivity index (χ0n) is 13.7. The van der Waals surface area contributed by atoms with Crippen LogP contribution in [0.25, 0.3) is 0 Å². The van der Waals surface area contributed by atoms with E-state index in [-0.39, 0.29) is 11.8 Å². The molecule has 1 rings (SSSR count). The quantitative estimate of drug-likeness (QED) is 0.908. The number of carbonyl (C=O) groups excluding carboxylic acids is 1. The summed E-state index contributed by atoms with van der Waals surface area (Å²) in [5.74, 6) is -0.0682. The van der Waals surface area contributed by atoms with Crippen LogP contribution in [0.5, 0.6) is 0 Å². The zero-order valence-corrected chi connectivity index (χ0v) is 14.5. The summed E-state index contributed by atoms with van der Waals surface area (Å²) < 4.78 is 13.8. The smallest absolute Gasteiger partial charge is 0.242 e. The monoisotopic (exact) mass is 310 g/mol. The summed E-state index contributed by atoms with van der Waals surface area (Å²) >= 11 is 0. The number of nitrogens with zero attached hydrogens (tertiary/aromatic N) is 1. The summed E-state index contributed by atoms with van der Waals surface area (Å²) in [6.45, 7) is 9.65. The SMILES string of the molecule is CC(C)[C@@H](C(=O)Nc1ccccc1)N(C)S(=O)C(C)(C)C. The average Bonchev–Trinajstić information content (AvgIpc) is 2.37. The molecule has 1 amide bonds. The van der Waals surface area contributed by atoms with Gasteiger partial charge >= 0.3 is 0 Å². The molecule has 0 aromatic heterocycles. The summed E-state index contributed by atoms with van der Waals surface area (Å²) in [6, 6.07) is 8.89. The van der Waals surface area contributed by atoms with Gasteiger partial charge in [-0.25, -0.2) is 8.51 Å². The van der Waals surface area contributed by atoms with Gasteiger partial charge in [-0.3, -0.25) is 4.79 Å². The predicted octanol–water partition coefficient (Wildman–Crippen LogP) is 3.04. The fourth-order valence-corrected chi connectivity index (χ4v) is 3.57. The second-order valence-electron chi connectivity index (χ2n) is 6.45. The molecule has 0 radical (unpaired) electrons. The molecule has 0 bridgehead atoms. The van der Waals surface area contributed by atoms with Gasteiger partial charge in [0.05, 0.1) is 4.75 Å². The largest absolute Gasteiger partial charge is 0.325 e. The minimum absolute atomic E-state index is 0.0602. The van der Waals surface area contributed by atoms with E-state index in [0.717, 1.165) is 5.69 Å². The lowest BCUT2D eigenvalue weighted by atomic mass is 10.0. The lowest BCUT2D eigenvalue weighted by Gasteiger charge is -2.33. The Hall–Kier alpha value is -1.20. The Balaban J connectivity index is 2.91. The van der Waals surface area contributed by atoms with Crippen LogP contribution in [0.1, 0.15) is 34.6 Å². The van der Waals surface area contributed by atoms with E-state index in [4.69, 9.17) is 0 Å². The molecule has 1 unspecified atom stereocenters. The number of para-hydroxylation sites is 1. The molecular weight excluding hydrogens is 284 g/mol. The number of benzene rings is 1. The first-order chi connectivity index (χ1) is 9.64. The van der Waals surface area contributed by atoms with E-state index in [2.05, 4.69) is 5.32 Å². The molecule has 4 nitrogen and oxygen atoms in total. The van der Waals surface area contributed by atoms with Gasteiger partial charge in [-0.2, -0.15) is 0 Å². The van der Waals surface area contributed by atoms with E-state index in [1.807, 2.05) is 65.0 Å². The molecule has 1 N–H and O–H groups in total. The summed E-state index contributed by atoms with van der Waals surface area (Å²) in [5.41, 5.74) is 0.753. The van der Waals surface area contributed by atoms with E-state index in [1.165, 1.54) is 0 Å². The normalized spacial score (nSPS) is 15.0. The van der Waals surface area contributed by atoms with Crippen LogP contribution in [0.2, 0.25) is 0 Å². The highest BCUT2D eigenvalue weighted by atomic mass is 32.2. The second-order valence-corrected chi connectivity index (χ2v) is 8.75. The summed E-state index contributed by atoms with van der Waals surface area (Å²) in [7, 11) is 0.508. The molecule has 0 fully saturated rings. The van der Waals surface area contributed by atoms with E-state index < -0.39 is 21.8 Å². The Morgan fingerprint density at radius 1 is 1.19 bits per heavy atom. The van der Waals surface area contributed by atoms with Crippen molar-refractivity contribution in [3.05, 3.63) is 30.3 Å². The van der Waals surface area contributed by atoms with Crippen molar-refractivity contribution in [3.63, 3.8) is 0 Å². The molecule has 5 heteroatoms. The molecule has 0 saturated carbocycles. The van der Waals surface area contributed by atoms with E-state index in [0.29, 0.717) is 0 Å². The van der Waals surface area contributed by atoms with Crippen LogP contribution in [-0.2, 0) is 15.8 Å². The van der Waals surface area contributed by atoms with Crippen LogP contribution in [0.3, 0.4) is 0 Å². The topological polar surface area (TPSA) is 49.4 Å². The van der Waals surface area contributed by atoms with Crippen molar-refractivity contribution in [1.29, 1.82) is 0 Å². The van der Waals surface area contributed by atoms with E-state index >= 15 is 0 Å². The number of hydrogen-bond donors (Lipinski definition) is 1. The van der Waals surface area contributed by atoms with Gasteiger partial charge in [-0.05, 0) is 38.8 Å². The first kappa shape index (κ1) is 17.9. The first-order valence-corrected chi connectivity index (χ1v) is 8.26. The molecule has 0 aliphatic heterocycles. The van der Waals surface area contributed by atoms with Crippen molar-refractivity contribution < 1.29 is 9.00 Å². The van der Waals surface area contributed by atoms with Gasteiger partial charge in [0, 0.05) is 12.7 Å². The fourth-order valence-electron chi connectivity index (χ4n) is 2.16.